The summed E-state index contributed by atoms with van der Waals surface area (Å²) in [6, 6.07) is 22.9. The first-order valence-corrected chi connectivity index (χ1v) is 12.2. The van der Waals surface area contributed by atoms with Gasteiger partial charge in [0, 0.05) is 20.0 Å². The average molecular weight is 523 g/mol. The molecule has 5 nitrogen and oxygen atoms in total. The molecule has 1 atom stereocenters. The summed E-state index contributed by atoms with van der Waals surface area (Å²) in [5, 5.41) is 2.73. The number of hydrogen-bond acceptors (Lipinski definition) is 3. The van der Waals surface area contributed by atoms with Crippen molar-refractivity contribution in [2.45, 2.75) is 39.3 Å². The maximum Gasteiger partial charge on any atom is 0.261 e. The number of halogens is 1. The Balaban J connectivity index is 1.87. The van der Waals surface area contributed by atoms with Gasteiger partial charge in [0.2, 0.25) is 5.91 Å². The lowest BCUT2D eigenvalue weighted by Gasteiger charge is -2.31. The van der Waals surface area contributed by atoms with Crippen LogP contribution in [0.15, 0.2) is 77.3 Å². The molecule has 0 saturated carbocycles. The van der Waals surface area contributed by atoms with Crippen molar-refractivity contribution in [1.82, 2.24) is 10.2 Å². The van der Waals surface area contributed by atoms with Crippen molar-refractivity contribution >= 4 is 27.7 Å². The van der Waals surface area contributed by atoms with Crippen LogP contribution in [0.5, 0.6) is 5.75 Å². The van der Waals surface area contributed by atoms with E-state index in [9.17, 15) is 9.59 Å². The van der Waals surface area contributed by atoms with Crippen molar-refractivity contribution in [1.29, 1.82) is 0 Å². The van der Waals surface area contributed by atoms with Gasteiger partial charge in [-0.15, -0.1) is 0 Å². The van der Waals surface area contributed by atoms with Crippen molar-refractivity contribution in [3.63, 3.8) is 0 Å². The molecule has 34 heavy (non-hydrogen) atoms. The maximum absolute atomic E-state index is 13.5. The summed E-state index contributed by atoms with van der Waals surface area (Å²) in [4.78, 5) is 28.1. The first-order valence-electron chi connectivity index (χ1n) is 11.4. The molecule has 0 fully saturated rings. The number of carbonyl (C=O) groups is 2. The van der Waals surface area contributed by atoms with Gasteiger partial charge in [0.1, 0.15) is 11.8 Å². The van der Waals surface area contributed by atoms with Crippen molar-refractivity contribution in [3.05, 3.63) is 99.5 Å². The molecule has 0 aliphatic carbocycles. The molecule has 0 aliphatic rings. The Labute approximate surface area is 210 Å². The average Bonchev–Trinajstić information content (AvgIpc) is 2.85. The number of rotatable bonds is 10. The van der Waals surface area contributed by atoms with Crippen LogP contribution in [0.4, 0.5) is 0 Å². The monoisotopic (exact) mass is 522 g/mol. The molecule has 0 spiro atoms. The van der Waals surface area contributed by atoms with E-state index in [1.165, 1.54) is 5.56 Å². The third-order valence-corrected chi connectivity index (χ3v) is 6.33. The molecule has 2 amide bonds. The highest BCUT2D eigenvalue weighted by molar-refractivity contribution is 9.10. The van der Waals surface area contributed by atoms with Gasteiger partial charge in [-0.2, -0.15) is 0 Å². The fraction of sp³-hybridized carbons (Fsp3) is 0.286. The Morgan fingerprint density at radius 1 is 0.971 bits per heavy atom. The van der Waals surface area contributed by atoms with Crippen LogP contribution >= 0.6 is 15.9 Å². The van der Waals surface area contributed by atoms with Gasteiger partial charge in [0.15, 0.2) is 6.61 Å². The third kappa shape index (κ3) is 6.94. The van der Waals surface area contributed by atoms with Crippen molar-refractivity contribution in [3.8, 4) is 5.75 Å². The minimum absolute atomic E-state index is 0.168. The van der Waals surface area contributed by atoms with Crippen LogP contribution in [0, 0.1) is 6.92 Å². The van der Waals surface area contributed by atoms with Crippen LogP contribution in [-0.2, 0) is 29.0 Å². The van der Waals surface area contributed by atoms with Gasteiger partial charge in [-0.1, -0.05) is 73.2 Å². The zero-order valence-electron chi connectivity index (χ0n) is 19.9. The molecular formula is C28H31BrN2O3. The molecule has 3 aromatic carbocycles. The van der Waals surface area contributed by atoms with Crippen LogP contribution in [0.1, 0.15) is 29.2 Å². The fourth-order valence-electron chi connectivity index (χ4n) is 3.83. The second-order valence-electron chi connectivity index (χ2n) is 8.24. The topological polar surface area (TPSA) is 58.6 Å². The van der Waals surface area contributed by atoms with Gasteiger partial charge in [0.05, 0.1) is 4.47 Å². The highest BCUT2D eigenvalue weighted by atomic mass is 79.9. The molecule has 1 unspecified atom stereocenters. The van der Waals surface area contributed by atoms with Crippen LogP contribution < -0.4 is 10.1 Å². The molecule has 3 rings (SSSR count). The Hall–Kier alpha value is -3.12. The summed E-state index contributed by atoms with van der Waals surface area (Å²) in [5.41, 5.74) is 4.22. The lowest BCUT2D eigenvalue weighted by molar-refractivity contribution is -0.142. The summed E-state index contributed by atoms with van der Waals surface area (Å²) in [5.74, 6) is 0.136. The zero-order chi connectivity index (χ0) is 24.5. The largest absolute Gasteiger partial charge is 0.483 e. The molecular weight excluding hydrogens is 492 g/mol. The fourth-order valence-corrected chi connectivity index (χ4v) is 4.37. The minimum Gasteiger partial charge on any atom is -0.483 e. The quantitative estimate of drug-likeness (QED) is 0.403. The molecule has 0 aromatic heterocycles. The number of carbonyl (C=O) groups excluding carboxylic acids is 2. The summed E-state index contributed by atoms with van der Waals surface area (Å²) < 4.78 is 6.69. The molecule has 178 valence electrons. The van der Waals surface area contributed by atoms with E-state index >= 15 is 0 Å². The number of nitrogens with one attached hydrogen (secondary N) is 1. The van der Waals surface area contributed by atoms with Gasteiger partial charge in [-0.3, -0.25) is 9.59 Å². The van der Waals surface area contributed by atoms with E-state index in [-0.39, 0.29) is 18.4 Å². The Morgan fingerprint density at radius 3 is 2.35 bits per heavy atom. The van der Waals surface area contributed by atoms with E-state index in [0.29, 0.717) is 18.7 Å². The number of benzene rings is 3. The molecule has 0 bridgehead atoms. The second-order valence-corrected chi connectivity index (χ2v) is 9.09. The van der Waals surface area contributed by atoms with Crippen LogP contribution in [0.25, 0.3) is 0 Å². The lowest BCUT2D eigenvalue weighted by atomic mass is 10.0. The SMILES string of the molecule is CCc1ccc(OCC(=O)N(Cc2cccc(C)c2)C(Cc2ccccc2)C(=O)NC)c(Br)c1. The molecule has 0 heterocycles. The summed E-state index contributed by atoms with van der Waals surface area (Å²) in [7, 11) is 1.60. The Bertz CT molecular complexity index is 1120. The van der Waals surface area contributed by atoms with Crippen molar-refractivity contribution in [2.75, 3.05) is 13.7 Å². The summed E-state index contributed by atoms with van der Waals surface area (Å²) in [6.45, 7) is 4.24. The molecule has 3 aromatic rings. The number of nitrogens with zero attached hydrogens (tertiary/aromatic N) is 1. The van der Waals surface area contributed by atoms with Gasteiger partial charge >= 0.3 is 0 Å². The van der Waals surface area contributed by atoms with Gasteiger partial charge in [-0.05, 0) is 58.1 Å². The molecule has 0 aliphatic heterocycles. The zero-order valence-corrected chi connectivity index (χ0v) is 21.5. The lowest BCUT2D eigenvalue weighted by Crippen LogP contribution is -2.51. The number of likely N-dealkylation sites (N-methyl/N-ethyl adjacent to an activating group) is 1. The minimum atomic E-state index is -0.671. The highest BCUT2D eigenvalue weighted by Crippen LogP contribution is 2.26. The van der Waals surface area contributed by atoms with E-state index in [1.54, 1.807) is 11.9 Å². The summed E-state index contributed by atoms with van der Waals surface area (Å²) in [6.07, 6.45) is 1.32. The summed E-state index contributed by atoms with van der Waals surface area (Å²) >= 11 is 3.53. The van der Waals surface area contributed by atoms with Crippen LogP contribution in [0.3, 0.4) is 0 Å². The Morgan fingerprint density at radius 2 is 1.71 bits per heavy atom. The van der Waals surface area contributed by atoms with E-state index in [1.807, 2.05) is 79.7 Å². The molecule has 0 saturated heterocycles. The predicted molar refractivity (Wildman–Crippen MR) is 139 cm³/mol. The maximum atomic E-state index is 13.5. The molecule has 0 radical (unpaired) electrons. The first kappa shape index (κ1) is 25.5. The van der Waals surface area contributed by atoms with Crippen LogP contribution in [-0.4, -0.2) is 36.4 Å². The van der Waals surface area contributed by atoms with Crippen LogP contribution in [0.2, 0.25) is 0 Å². The van der Waals surface area contributed by atoms with E-state index in [4.69, 9.17) is 4.74 Å². The van der Waals surface area contributed by atoms with Gasteiger partial charge < -0.3 is 15.0 Å². The second kappa shape index (κ2) is 12.4. The smallest absolute Gasteiger partial charge is 0.261 e. The highest BCUT2D eigenvalue weighted by Gasteiger charge is 2.30. The Kier molecular flexibility index (Phi) is 9.28. The van der Waals surface area contributed by atoms with Crippen molar-refractivity contribution in [2.24, 2.45) is 0 Å². The van der Waals surface area contributed by atoms with E-state index in [0.717, 1.165) is 27.6 Å². The number of hydrogen-bond donors (Lipinski definition) is 1. The van der Waals surface area contributed by atoms with Gasteiger partial charge in [-0.25, -0.2) is 0 Å². The third-order valence-electron chi connectivity index (χ3n) is 5.71. The van der Waals surface area contributed by atoms with E-state index in [2.05, 4.69) is 28.2 Å². The molecule has 6 heteroatoms. The number of amides is 2. The predicted octanol–water partition coefficient (Wildman–Crippen LogP) is 5.08. The van der Waals surface area contributed by atoms with E-state index < -0.39 is 6.04 Å². The normalized spacial score (nSPS) is 11.5. The first-order chi connectivity index (χ1) is 16.4. The number of ether oxygens (including phenoxy) is 1. The van der Waals surface area contributed by atoms with Gasteiger partial charge in [0.25, 0.3) is 5.91 Å². The number of aryl methyl sites for hydroxylation is 2. The standard InChI is InChI=1S/C28H31BrN2O3/c1-4-21-13-14-26(24(29)16-21)34-19-27(32)31(18-23-12-8-9-20(2)15-23)25(28(33)30-3)17-22-10-6-5-7-11-22/h5-16,25H,4,17-19H2,1-3H3,(H,30,33). The molecule has 1 N–H and O–H groups in total. The van der Waals surface area contributed by atoms with Crippen molar-refractivity contribution < 1.29 is 14.3 Å².